The third-order valence-electron chi connectivity index (χ3n) is 4.15. The summed E-state index contributed by atoms with van der Waals surface area (Å²) in [6.07, 6.45) is 0.519. The Kier molecular flexibility index (Phi) is 5.19. The van der Waals surface area contributed by atoms with Crippen molar-refractivity contribution in [3.63, 3.8) is 0 Å². The van der Waals surface area contributed by atoms with Gasteiger partial charge >= 0.3 is 0 Å². The summed E-state index contributed by atoms with van der Waals surface area (Å²) in [6.45, 7) is 4.53. The molecule has 2 aliphatic heterocycles. The first-order valence-corrected chi connectivity index (χ1v) is 9.13. The second-order valence-electron chi connectivity index (χ2n) is 5.56. The first-order chi connectivity index (χ1) is 9.96. The minimum atomic E-state index is -3.00. The number of carbonyl (C=O) groups excluding carboxylic acids is 1. The Morgan fingerprint density at radius 2 is 2.29 bits per heavy atom. The highest BCUT2D eigenvalue weighted by Crippen LogP contribution is 2.18. The molecule has 0 aliphatic carbocycles. The van der Waals surface area contributed by atoms with Crippen LogP contribution in [-0.4, -0.2) is 80.4 Å². The minimum absolute atomic E-state index is 0.0653. The van der Waals surface area contributed by atoms with Crippen LogP contribution in [0.5, 0.6) is 0 Å². The molecule has 2 aliphatic rings. The molecule has 0 aromatic rings. The number of hydrogen-bond acceptors (Lipinski definition) is 6. The van der Waals surface area contributed by atoms with Crippen molar-refractivity contribution in [3.8, 4) is 6.07 Å². The maximum atomic E-state index is 12.5. The van der Waals surface area contributed by atoms with Gasteiger partial charge in [-0.3, -0.25) is 9.69 Å². The van der Waals surface area contributed by atoms with E-state index in [1.54, 1.807) is 4.90 Å². The van der Waals surface area contributed by atoms with E-state index in [-0.39, 0.29) is 36.0 Å². The number of sulfone groups is 1. The van der Waals surface area contributed by atoms with E-state index >= 15 is 0 Å². The van der Waals surface area contributed by atoms with E-state index in [2.05, 4.69) is 11.4 Å². The van der Waals surface area contributed by atoms with Gasteiger partial charge in [-0.25, -0.2) is 8.42 Å². The zero-order valence-electron chi connectivity index (χ0n) is 12.3. The molecule has 0 saturated carbocycles. The summed E-state index contributed by atoms with van der Waals surface area (Å²) in [5, 5.41) is 12.2. The highest BCUT2D eigenvalue weighted by atomic mass is 32.2. The maximum absolute atomic E-state index is 12.5. The number of nitrogens with zero attached hydrogens (tertiary/aromatic N) is 3. The molecule has 1 N–H and O–H groups in total. The molecule has 2 fully saturated rings. The van der Waals surface area contributed by atoms with Crippen molar-refractivity contribution in [1.29, 1.82) is 5.26 Å². The van der Waals surface area contributed by atoms with Crippen molar-refractivity contribution in [2.75, 3.05) is 44.2 Å². The highest BCUT2D eigenvalue weighted by Gasteiger charge is 2.35. The molecule has 0 bridgehead atoms. The Balaban J connectivity index is 1.99. The number of nitriles is 1. The van der Waals surface area contributed by atoms with E-state index in [0.29, 0.717) is 26.1 Å². The first kappa shape index (κ1) is 16.2. The smallest absolute Gasteiger partial charge is 0.237 e. The molecule has 2 unspecified atom stereocenters. The number of carbonyl (C=O) groups is 1. The second-order valence-corrected chi connectivity index (χ2v) is 7.78. The third-order valence-corrected chi connectivity index (χ3v) is 5.90. The van der Waals surface area contributed by atoms with Gasteiger partial charge in [0, 0.05) is 32.2 Å². The lowest BCUT2D eigenvalue weighted by Crippen LogP contribution is -2.55. The molecule has 0 aromatic heterocycles. The average Bonchev–Trinajstić information content (AvgIpc) is 2.80. The van der Waals surface area contributed by atoms with Gasteiger partial charge in [-0.2, -0.15) is 5.26 Å². The largest absolute Gasteiger partial charge is 0.338 e. The average molecular weight is 314 g/mol. The van der Waals surface area contributed by atoms with Crippen LogP contribution in [0.4, 0.5) is 0 Å². The van der Waals surface area contributed by atoms with E-state index in [9.17, 15) is 13.2 Å². The summed E-state index contributed by atoms with van der Waals surface area (Å²) in [7, 11) is -3.00. The van der Waals surface area contributed by atoms with Gasteiger partial charge in [0.1, 0.15) is 6.04 Å². The quantitative estimate of drug-likeness (QED) is 0.702. The molecule has 1 amide bonds. The number of piperazine rings is 1. The summed E-state index contributed by atoms with van der Waals surface area (Å²) >= 11 is 0. The molecule has 2 saturated heterocycles. The van der Waals surface area contributed by atoms with Crippen molar-refractivity contribution in [2.45, 2.75) is 25.4 Å². The Hall–Kier alpha value is -1.17. The molecule has 2 rings (SSSR count). The van der Waals surface area contributed by atoms with Crippen molar-refractivity contribution in [2.24, 2.45) is 0 Å². The van der Waals surface area contributed by atoms with Crippen LogP contribution in [0.2, 0.25) is 0 Å². The first-order valence-electron chi connectivity index (χ1n) is 7.31. The van der Waals surface area contributed by atoms with Crippen LogP contribution in [0.1, 0.15) is 13.3 Å². The standard InChI is InChI=1S/C13H22N4O3S/c1-2-17(11-3-6-21(19,20)10-11)13(18)9-16-5-4-15-8-12(16)7-14/h11-12,15H,2-6,8-10H2,1H3. The van der Waals surface area contributed by atoms with E-state index in [1.165, 1.54) is 0 Å². The normalized spacial score (nSPS) is 29.0. The minimum Gasteiger partial charge on any atom is -0.338 e. The van der Waals surface area contributed by atoms with Gasteiger partial charge in [0.15, 0.2) is 9.84 Å². The van der Waals surface area contributed by atoms with E-state index < -0.39 is 9.84 Å². The predicted octanol–water partition coefficient (Wildman–Crippen LogP) is -1.18. The molecular weight excluding hydrogens is 292 g/mol. The molecule has 2 atom stereocenters. The van der Waals surface area contributed by atoms with Crippen molar-refractivity contribution in [3.05, 3.63) is 0 Å². The molecule has 8 heteroatoms. The second kappa shape index (κ2) is 6.73. The van der Waals surface area contributed by atoms with E-state index in [1.807, 2.05) is 11.8 Å². The van der Waals surface area contributed by atoms with Gasteiger partial charge in [0.05, 0.1) is 24.1 Å². The Bertz CT molecular complexity index is 528. The lowest BCUT2D eigenvalue weighted by molar-refractivity contribution is -0.134. The van der Waals surface area contributed by atoms with Crippen LogP contribution in [0.15, 0.2) is 0 Å². The number of rotatable bonds is 4. The van der Waals surface area contributed by atoms with Gasteiger partial charge in [-0.15, -0.1) is 0 Å². The van der Waals surface area contributed by atoms with Crippen LogP contribution in [0.3, 0.4) is 0 Å². The van der Waals surface area contributed by atoms with Gasteiger partial charge in [0.2, 0.25) is 5.91 Å². The fraction of sp³-hybridized carbons (Fsp3) is 0.846. The van der Waals surface area contributed by atoms with E-state index in [0.717, 1.165) is 6.54 Å². The van der Waals surface area contributed by atoms with Crippen LogP contribution in [-0.2, 0) is 14.6 Å². The Morgan fingerprint density at radius 1 is 1.52 bits per heavy atom. The summed E-state index contributed by atoms with van der Waals surface area (Å²) in [4.78, 5) is 16.0. The van der Waals surface area contributed by atoms with Gasteiger partial charge < -0.3 is 10.2 Å². The van der Waals surface area contributed by atoms with Crippen molar-refractivity contribution < 1.29 is 13.2 Å². The zero-order valence-corrected chi connectivity index (χ0v) is 13.1. The van der Waals surface area contributed by atoms with Crippen LogP contribution in [0, 0.1) is 11.3 Å². The van der Waals surface area contributed by atoms with Gasteiger partial charge in [0.25, 0.3) is 0 Å². The Labute approximate surface area is 125 Å². The highest BCUT2D eigenvalue weighted by molar-refractivity contribution is 7.91. The molecule has 0 spiro atoms. The number of hydrogen-bond donors (Lipinski definition) is 1. The molecule has 2 heterocycles. The lowest BCUT2D eigenvalue weighted by Gasteiger charge is -2.34. The SMILES string of the molecule is CCN(C(=O)CN1CCNCC1C#N)C1CCS(=O)(=O)C1. The summed E-state index contributed by atoms with van der Waals surface area (Å²) in [5.74, 6) is 0.146. The zero-order chi connectivity index (χ0) is 15.5. The van der Waals surface area contributed by atoms with Gasteiger partial charge in [-0.1, -0.05) is 0 Å². The summed E-state index contributed by atoms with van der Waals surface area (Å²) in [5.41, 5.74) is 0. The Morgan fingerprint density at radius 3 is 2.86 bits per heavy atom. The molecule has 21 heavy (non-hydrogen) atoms. The van der Waals surface area contributed by atoms with Crippen molar-refractivity contribution >= 4 is 15.7 Å². The molecule has 0 aromatic carbocycles. The fourth-order valence-corrected chi connectivity index (χ4v) is 4.72. The maximum Gasteiger partial charge on any atom is 0.237 e. The summed E-state index contributed by atoms with van der Waals surface area (Å²) < 4.78 is 23.1. The third kappa shape index (κ3) is 3.93. The summed E-state index contributed by atoms with van der Waals surface area (Å²) in [6, 6.07) is 1.69. The monoisotopic (exact) mass is 314 g/mol. The molecule has 0 radical (unpaired) electrons. The molecule has 7 nitrogen and oxygen atoms in total. The number of nitrogens with one attached hydrogen (secondary N) is 1. The molecular formula is C13H22N4O3S. The van der Waals surface area contributed by atoms with Crippen LogP contribution in [0.25, 0.3) is 0 Å². The predicted molar refractivity (Wildman–Crippen MR) is 78.3 cm³/mol. The van der Waals surface area contributed by atoms with Crippen LogP contribution < -0.4 is 5.32 Å². The fourth-order valence-electron chi connectivity index (χ4n) is 2.99. The number of likely N-dealkylation sites (N-methyl/N-ethyl adjacent to an activating group) is 1. The number of amides is 1. The topological polar surface area (TPSA) is 93.5 Å². The lowest BCUT2D eigenvalue weighted by atomic mass is 10.2. The molecule has 118 valence electrons. The van der Waals surface area contributed by atoms with Crippen molar-refractivity contribution in [1.82, 2.24) is 15.1 Å². The van der Waals surface area contributed by atoms with Gasteiger partial charge in [-0.05, 0) is 13.3 Å². The van der Waals surface area contributed by atoms with Crippen LogP contribution >= 0.6 is 0 Å². The van der Waals surface area contributed by atoms with E-state index in [4.69, 9.17) is 5.26 Å².